The number of aryl methyl sites for hydroxylation is 1. The molecule has 5 rings (SSSR count). The lowest BCUT2D eigenvalue weighted by molar-refractivity contribution is 0.117. The molecule has 0 amide bonds. The molecule has 2 aromatic carbocycles. The molecule has 1 aromatic heterocycles. The topological polar surface area (TPSA) is 16.4 Å². The number of benzene rings is 2. The number of hydrogen-bond donors (Lipinski definition) is 0. The zero-order valence-electron chi connectivity index (χ0n) is 18.1. The summed E-state index contributed by atoms with van der Waals surface area (Å²) in [6.45, 7) is 12.1. The van der Waals surface area contributed by atoms with Crippen molar-refractivity contribution in [3.63, 3.8) is 0 Å². The van der Waals surface area contributed by atoms with Gasteiger partial charge in [0.15, 0.2) is 5.58 Å². The zero-order chi connectivity index (χ0) is 19.7. The Kier molecular flexibility index (Phi) is 3.73. The summed E-state index contributed by atoms with van der Waals surface area (Å²) in [4.78, 5) is 2.74. The molecule has 2 nitrogen and oxygen atoms in total. The second-order valence-corrected chi connectivity index (χ2v) is 10.4. The highest BCUT2D eigenvalue weighted by atomic mass is 16.3. The van der Waals surface area contributed by atoms with E-state index in [9.17, 15) is 0 Å². The van der Waals surface area contributed by atoms with Gasteiger partial charge in [-0.2, -0.15) is 0 Å². The van der Waals surface area contributed by atoms with E-state index in [1.807, 2.05) is 0 Å². The lowest BCUT2D eigenvalue weighted by atomic mass is 9.62. The summed E-state index contributed by atoms with van der Waals surface area (Å²) in [6, 6.07) is 13.0. The number of fused-ring (bicyclic) bond motifs is 3. The fourth-order valence-corrected chi connectivity index (χ4v) is 6.87. The molecule has 2 heterocycles. The van der Waals surface area contributed by atoms with E-state index in [2.05, 4.69) is 75.9 Å². The van der Waals surface area contributed by atoms with Gasteiger partial charge in [0, 0.05) is 21.9 Å². The molecule has 148 valence electrons. The van der Waals surface area contributed by atoms with Gasteiger partial charge in [-0.15, -0.1) is 0 Å². The fraction of sp³-hybridized carbons (Fsp3) is 0.538. The molecule has 0 unspecified atom stereocenters. The maximum Gasteiger partial charge on any atom is 0.159 e. The number of hydrogen-bond acceptors (Lipinski definition) is 2. The quantitative estimate of drug-likeness (QED) is 0.435. The largest absolute Gasteiger partial charge is 0.454 e. The first kappa shape index (κ1) is 18.1. The van der Waals surface area contributed by atoms with Gasteiger partial charge >= 0.3 is 0 Å². The first-order valence-electron chi connectivity index (χ1n) is 11.0. The van der Waals surface area contributed by atoms with E-state index >= 15 is 0 Å². The third kappa shape index (κ3) is 2.27. The van der Waals surface area contributed by atoms with E-state index in [-0.39, 0.29) is 11.1 Å². The van der Waals surface area contributed by atoms with Crippen molar-refractivity contribution in [2.75, 3.05) is 4.90 Å². The molecule has 2 aliphatic rings. The fourth-order valence-electron chi connectivity index (χ4n) is 6.87. The Bertz CT molecular complexity index is 1050. The van der Waals surface area contributed by atoms with Crippen LogP contribution in [-0.2, 0) is 0 Å². The van der Waals surface area contributed by atoms with Crippen LogP contribution in [0, 0.1) is 12.3 Å². The van der Waals surface area contributed by atoms with Gasteiger partial charge in [-0.1, -0.05) is 49.6 Å². The van der Waals surface area contributed by atoms with Crippen molar-refractivity contribution < 1.29 is 4.42 Å². The number of nitrogens with zero attached hydrogens (tertiary/aromatic N) is 1. The molecule has 1 saturated heterocycles. The van der Waals surface area contributed by atoms with Gasteiger partial charge in [0.05, 0.1) is 5.69 Å². The summed E-state index contributed by atoms with van der Waals surface area (Å²) in [7, 11) is 0. The molecule has 0 bridgehead atoms. The maximum absolute atomic E-state index is 6.50. The molecule has 1 saturated carbocycles. The smallest absolute Gasteiger partial charge is 0.159 e. The van der Waals surface area contributed by atoms with E-state index in [4.69, 9.17) is 4.42 Å². The van der Waals surface area contributed by atoms with Crippen molar-refractivity contribution in [1.29, 1.82) is 0 Å². The van der Waals surface area contributed by atoms with Crippen LogP contribution in [-0.4, -0.2) is 11.1 Å². The average molecular weight is 376 g/mol. The van der Waals surface area contributed by atoms with Crippen LogP contribution in [0.1, 0.15) is 71.8 Å². The highest BCUT2D eigenvalue weighted by Gasteiger charge is 2.60. The Morgan fingerprint density at radius 3 is 2.32 bits per heavy atom. The molecular weight excluding hydrogens is 342 g/mol. The molecule has 28 heavy (non-hydrogen) atoms. The highest BCUT2D eigenvalue weighted by Crippen LogP contribution is 2.62. The standard InChI is InChI=1S/C26H33NO/c1-18-13-14-20-19-11-7-8-12-21(19)28-23(20)22(18)27-24(2,3)17-26(25(27,4)5)15-9-6-10-16-26/h7-8,11-14H,6,9-10,15-17H2,1-5H3. The van der Waals surface area contributed by atoms with Gasteiger partial charge in [-0.25, -0.2) is 0 Å². The Balaban J connectivity index is 1.78. The number of para-hydroxylation sites is 1. The second kappa shape index (κ2) is 5.78. The van der Waals surface area contributed by atoms with Crippen molar-refractivity contribution in [2.24, 2.45) is 5.41 Å². The molecule has 3 aromatic rings. The van der Waals surface area contributed by atoms with Gasteiger partial charge in [-0.05, 0) is 70.9 Å². The van der Waals surface area contributed by atoms with E-state index in [0.29, 0.717) is 5.41 Å². The van der Waals surface area contributed by atoms with Crippen LogP contribution < -0.4 is 4.90 Å². The molecule has 2 fully saturated rings. The van der Waals surface area contributed by atoms with Crippen molar-refractivity contribution >= 4 is 27.6 Å². The third-order valence-electron chi connectivity index (χ3n) is 7.99. The number of furan rings is 1. The SMILES string of the molecule is Cc1ccc2c(oc3ccccc32)c1N1C(C)(C)CC2(CCCCC2)C1(C)C. The molecular formula is C26H33NO. The molecule has 0 atom stereocenters. The van der Waals surface area contributed by atoms with Gasteiger partial charge in [-0.3, -0.25) is 0 Å². The van der Waals surface area contributed by atoms with Crippen molar-refractivity contribution in [3.8, 4) is 0 Å². The van der Waals surface area contributed by atoms with Crippen LogP contribution in [0.2, 0.25) is 0 Å². The van der Waals surface area contributed by atoms with Gasteiger partial charge < -0.3 is 9.32 Å². The highest BCUT2D eigenvalue weighted by molar-refractivity contribution is 6.09. The van der Waals surface area contributed by atoms with Crippen LogP contribution in [0.5, 0.6) is 0 Å². The third-order valence-corrected chi connectivity index (χ3v) is 7.99. The molecule has 1 aliphatic carbocycles. The molecule has 1 spiro atoms. The van der Waals surface area contributed by atoms with Crippen LogP contribution in [0.25, 0.3) is 21.9 Å². The summed E-state index contributed by atoms with van der Waals surface area (Å²) in [5.74, 6) is 0. The Morgan fingerprint density at radius 2 is 1.57 bits per heavy atom. The summed E-state index contributed by atoms with van der Waals surface area (Å²) >= 11 is 0. The summed E-state index contributed by atoms with van der Waals surface area (Å²) < 4.78 is 6.50. The van der Waals surface area contributed by atoms with E-state index in [1.54, 1.807) is 0 Å². The first-order valence-corrected chi connectivity index (χ1v) is 11.0. The van der Waals surface area contributed by atoms with Gasteiger partial charge in [0.25, 0.3) is 0 Å². The predicted octanol–water partition coefficient (Wildman–Crippen LogP) is 7.61. The predicted molar refractivity (Wildman–Crippen MR) is 119 cm³/mol. The maximum atomic E-state index is 6.50. The monoisotopic (exact) mass is 375 g/mol. The lowest BCUT2D eigenvalue weighted by Gasteiger charge is -2.49. The molecule has 1 aliphatic heterocycles. The Hall–Kier alpha value is -1.96. The Morgan fingerprint density at radius 1 is 0.857 bits per heavy atom. The average Bonchev–Trinajstić information content (AvgIpc) is 3.08. The second-order valence-electron chi connectivity index (χ2n) is 10.4. The number of anilines is 1. The molecule has 2 heteroatoms. The van der Waals surface area contributed by atoms with Crippen LogP contribution >= 0.6 is 0 Å². The first-order chi connectivity index (χ1) is 13.3. The van der Waals surface area contributed by atoms with E-state index in [1.165, 1.54) is 60.5 Å². The molecule has 0 N–H and O–H groups in total. The van der Waals surface area contributed by atoms with Crippen LogP contribution in [0.3, 0.4) is 0 Å². The van der Waals surface area contributed by atoms with Crippen LogP contribution in [0.15, 0.2) is 40.8 Å². The van der Waals surface area contributed by atoms with Crippen molar-refractivity contribution in [2.45, 2.75) is 84.2 Å². The van der Waals surface area contributed by atoms with Crippen molar-refractivity contribution in [3.05, 3.63) is 42.0 Å². The Labute approximate surface area is 168 Å². The minimum atomic E-state index is 0.106. The normalized spacial score (nSPS) is 23.1. The number of rotatable bonds is 1. The van der Waals surface area contributed by atoms with Crippen LogP contribution in [0.4, 0.5) is 5.69 Å². The van der Waals surface area contributed by atoms with Gasteiger partial charge in [0.2, 0.25) is 0 Å². The minimum Gasteiger partial charge on any atom is -0.454 e. The van der Waals surface area contributed by atoms with Gasteiger partial charge in [0.1, 0.15) is 5.58 Å². The summed E-state index contributed by atoms with van der Waals surface area (Å²) in [5, 5.41) is 2.47. The van der Waals surface area contributed by atoms with E-state index in [0.717, 1.165) is 11.2 Å². The summed E-state index contributed by atoms with van der Waals surface area (Å²) in [6.07, 6.45) is 8.13. The molecule has 0 radical (unpaired) electrons. The van der Waals surface area contributed by atoms with E-state index < -0.39 is 0 Å². The lowest BCUT2D eigenvalue weighted by Crippen LogP contribution is -2.53. The summed E-state index contributed by atoms with van der Waals surface area (Å²) in [5.41, 5.74) is 5.30. The minimum absolute atomic E-state index is 0.106. The zero-order valence-corrected chi connectivity index (χ0v) is 18.1. The van der Waals surface area contributed by atoms with Crippen molar-refractivity contribution in [1.82, 2.24) is 0 Å².